The Morgan fingerprint density at radius 1 is 1.31 bits per heavy atom. The summed E-state index contributed by atoms with van der Waals surface area (Å²) in [6.07, 6.45) is -4.68. The second kappa shape index (κ2) is 4.94. The van der Waals surface area contributed by atoms with Gasteiger partial charge in [0.1, 0.15) is 0 Å². The van der Waals surface area contributed by atoms with E-state index >= 15 is 0 Å². The number of hydrogen-bond donors (Lipinski definition) is 0. The summed E-state index contributed by atoms with van der Waals surface area (Å²) in [4.78, 5) is 11.3. The number of hydrogen-bond acceptors (Lipinski definition) is 1. The normalized spacial score (nSPS) is 11.6. The quantitative estimate of drug-likeness (QED) is 0.570. The van der Waals surface area contributed by atoms with Crippen LogP contribution in [0.4, 0.5) is 13.2 Å². The minimum atomic E-state index is -4.68. The second-order valence-corrected chi connectivity index (χ2v) is 4.18. The second-order valence-electron chi connectivity index (χ2n) is 2.84. The molecule has 0 aliphatic carbocycles. The predicted octanol–water partition coefficient (Wildman–Crippen LogP) is 4.59. The zero-order valence-electron chi connectivity index (χ0n) is 7.54. The highest BCUT2D eigenvalue weighted by atomic mass is 79.9. The third-order valence-corrected chi connectivity index (χ3v) is 3.01. The van der Waals surface area contributed by atoms with Crippen molar-refractivity contribution >= 4 is 44.9 Å². The summed E-state index contributed by atoms with van der Waals surface area (Å²) in [6.45, 7) is 0. The van der Waals surface area contributed by atoms with Gasteiger partial charge in [-0.3, -0.25) is 4.79 Å². The smallest absolute Gasteiger partial charge is 0.293 e. The van der Waals surface area contributed by atoms with E-state index in [0.717, 1.165) is 6.07 Å². The van der Waals surface area contributed by atoms with Crippen LogP contribution >= 0.6 is 39.1 Å². The number of alkyl halides is 4. The Bertz CT molecular complexity index is 431. The van der Waals surface area contributed by atoms with Crippen LogP contribution in [0.5, 0.6) is 0 Å². The van der Waals surface area contributed by atoms with Crippen LogP contribution in [0.3, 0.4) is 0 Å². The van der Waals surface area contributed by atoms with E-state index in [1.165, 1.54) is 6.07 Å². The molecule has 1 aromatic rings. The molecule has 0 fully saturated rings. The molecule has 0 spiro atoms. The number of carbonyl (C=O) groups excluding carboxylic acids is 1. The van der Waals surface area contributed by atoms with Crippen molar-refractivity contribution < 1.29 is 18.0 Å². The Balaban J connectivity index is 3.45. The summed E-state index contributed by atoms with van der Waals surface area (Å²) < 4.78 is 37.7. The molecule has 1 nitrogen and oxygen atoms in total. The number of carbonyl (C=O) groups is 1. The van der Waals surface area contributed by atoms with Crippen LogP contribution in [-0.2, 0) is 6.18 Å². The first kappa shape index (κ1) is 13.8. The average Bonchev–Trinajstić information content (AvgIpc) is 2.14. The molecule has 0 N–H and O–H groups in total. The van der Waals surface area contributed by atoms with Gasteiger partial charge in [0.25, 0.3) is 0 Å². The Labute approximate surface area is 108 Å². The monoisotopic (exact) mass is 334 g/mol. The fraction of sp³-hybridized carbons (Fsp3) is 0.222. The third kappa shape index (κ3) is 2.70. The maximum absolute atomic E-state index is 12.6. The van der Waals surface area contributed by atoms with Crippen LogP contribution in [0.1, 0.15) is 15.9 Å². The van der Waals surface area contributed by atoms with Crippen molar-refractivity contribution in [2.75, 3.05) is 5.33 Å². The van der Waals surface area contributed by atoms with Gasteiger partial charge in [-0.25, -0.2) is 0 Å². The van der Waals surface area contributed by atoms with Crippen LogP contribution in [-0.4, -0.2) is 11.1 Å². The molecule has 0 aliphatic heterocycles. The van der Waals surface area contributed by atoms with Crippen molar-refractivity contribution in [1.82, 2.24) is 0 Å². The fourth-order valence-corrected chi connectivity index (χ4v) is 2.09. The lowest BCUT2D eigenvalue weighted by Gasteiger charge is -2.13. The Morgan fingerprint density at radius 2 is 1.88 bits per heavy atom. The van der Waals surface area contributed by atoms with E-state index in [0.29, 0.717) is 0 Å². The van der Waals surface area contributed by atoms with Crippen molar-refractivity contribution in [3.05, 3.63) is 33.3 Å². The van der Waals surface area contributed by atoms with E-state index in [1.54, 1.807) is 0 Å². The molecular formula is C9H4BrCl2F3O. The molecule has 1 rings (SSSR count). The van der Waals surface area contributed by atoms with Gasteiger partial charge in [-0.05, 0) is 12.1 Å². The van der Waals surface area contributed by atoms with Crippen molar-refractivity contribution in [1.29, 1.82) is 0 Å². The Hall–Kier alpha value is -0.260. The minimum absolute atomic E-state index is 0.106. The van der Waals surface area contributed by atoms with E-state index in [4.69, 9.17) is 23.2 Å². The van der Waals surface area contributed by atoms with Gasteiger partial charge in [0.15, 0.2) is 5.78 Å². The SMILES string of the molecule is O=C(CBr)c1ccc(Cl)c(C(F)(F)F)c1Cl. The standard InChI is InChI=1S/C9H4BrCl2F3O/c10-3-6(16)4-1-2-5(11)7(8(4)12)9(13,14)15/h1-2H,3H2. The Morgan fingerprint density at radius 3 is 2.31 bits per heavy atom. The molecule has 0 radical (unpaired) electrons. The van der Waals surface area contributed by atoms with Gasteiger partial charge < -0.3 is 0 Å². The van der Waals surface area contributed by atoms with E-state index in [9.17, 15) is 18.0 Å². The van der Waals surface area contributed by atoms with Gasteiger partial charge in [0.2, 0.25) is 0 Å². The summed E-state index contributed by atoms with van der Waals surface area (Å²) in [5, 5.41) is -1.29. The van der Waals surface area contributed by atoms with Crippen LogP contribution in [0.25, 0.3) is 0 Å². The molecular weight excluding hydrogens is 332 g/mol. The summed E-state index contributed by atoms with van der Waals surface area (Å²) in [6, 6.07) is 2.18. The molecule has 7 heteroatoms. The zero-order chi connectivity index (χ0) is 12.5. The number of Topliss-reactive ketones (excluding diaryl/α,β-unsaturated/α-hetero) is 1. The van der Waals surface area contributed by atoms with Gasteiger partial charge in [0.05, 0.1) is 20.9 Å². The molecule has 0 aromatic heterocycles. The van der Waals surface area contributed by atoms with E-state index in [2.05, 4.69) is 15.9 Å². The lowest BCUT2D eigenvalue weighted by molar-refractivity contribution is -0.137. The fourth-order valence-electron chi connectivity index (χ4n) is 1.10. The predicted molar refractivity (Wildman–Crippen MR) is 59.6 cm³/mol. The maximum atomic E-state index is 12.6. The highest BCUT2D eigenvalue weighted by Crippen LogP contribution is 2.41. The molecule has 0 bridgehead atoms. The minimum Gasteiger partial charge on any atom is -0.293 e. The van der Waals surface area contributed by atoms with Crippen LogP contribution < -0.4 is 0 Å². The highest BCUT2D eigenvalue weighted by molar-refractivity contribution is 9.09. The zero-order valence-corrected chi connectivity index (χ0v) is 10.6. The van der Waals surface area contributed by atoms with E-state index < -0.39 is 27.6 Å². The first-order valence-corrected chi connectivity index (χ1v) is 5.81. The molecule has 0 saturated heterocycles. The number of ketones is 1. The summed E-state index contributed by atoms with van der Waals surface area (Å²) in [5.41, 5.74) is -1.38. The highest BCUT2D eigenvalue weighted by Gasteiger charge is 2.37. The molecule has 1 aromatic carbocycles. The molecule has 0 aliphatic rings. The largest absolute Gasteiger partial charge is 0.419 e. The van der Waals surface area contributed by atoms with Crippen molar-refractivity contribution in [3.63, 3.8) is 0 Å². The first-order chi connectivity index (χ1) is 7.29. The lowest BCUT2D eigenvalue weighted by Crippen LogP contribution is -2.11. The molecule has 16 heavy (non-hydrogen) atoms. The lowest BCUT2D eigenvalue weighted by atomic mass is 10.1. The molecule has 0 heterocycles. The first-order valence-electron chi connectivity index (χ1n) is 3.93. The summed E-state index contributed by atoms with van der Waals surface area (Å²) >= 11 is 13.8. The topological polar surface area (TPSA) is 17.1 Å². The van der Waals surface area contributed by atoms with Gasteiger partial charge in [-0.15, -0.1) is 0 Å². The molecule has 88 valence electrons. The van der Waals surface area contributed by atoms with Gasteiger partial charge in [-0.2, -0.15) is 13.2 Å². The number of benzene rings is 1. The van der Waals surface area contributed by atoms with Gasteiger partial charge >= 0.3 is 6.18 Å². The summed E-state index contributed by atoms with van der Waals surface area (Å²) in [7, 11) is 0. The van der Waals surface area contributed by atoms with Crippen molar-refractivity contribution in [3.8, 4) is 0 Å². The summed E-state index contributed by atoms with van der Waals surface area (Å²) in [5.74, 6) is -0.535. The molecule has 0 unspecified atom stereocenters. The number of rotatable bonds is 2. The average molecular weight is 336 g/mol. The van der Waals surface area contributed by atoms with Gasteiger partial charge in [0, 0.05) is 5.56 Å². The number of halogens is 6. The van der Waals surface area contributed by atoms with E-state index in [-0.39, 0.29) is 10.9 Å². The van der Waals surface area contributed by atoms with Crippen LogP contribution in [0.15, 0.2) is 12.1 Å². The van der Waals surface area contributed by atoms with Crippen LogP contribution in [0.2, 0.25) is 10.0 Å². The molecule has 0 atom stereocenters. The van der Waals surface area contributed by atoms with Crippen molar-refractivity contribution in [2.45, 2.75) is 6.18 Å². The Kier molecular flexibility index (Phi) is 4.26. The van der Waals surface area contributed by atoms with Gasteiger partial charge in [-0.1, -0.05) is 39.1 Å². The third-order valence-electron chi connectivity index (χ3n) is 1.80. The van der Waals surface area contributed by atoms with Crippen LogP contribution in [0, 0.1) is 0 Å². The van der Waals surface area contributed by atoms with E-state index in [1.807, 2.05) is 0 Å². The molecule has 0 amide bonds. The van der Waals surface area contributed by atoms with Crippen molar-refractivity contribution in [2.24, 2.45) is 0 Å². The molecule has 0 saturated carbocycles. The maximum Gasteiger partial charge on any atom is 0.419 e.